The summed E-state index contributed by atoms with van der Waals surface area (Å²) in [5.74, 6) is -2.61. The molecule has 9 heteroatoms. The van der Waals surface area contributed by atoms with Crippen molar-refractivity contribution < 1.29 is 17.7 Å². The molecule has 0 N–H and O–H groups in total. The van der Waals surface area contributed by atoms with Crippen LogP contribution in [0.4, 0.5) is 23.4 Å². The lowest BCUT2D eigenvalue weighted by molar-refractivity contribution is -0.227. The van der Waals surface area contributed by atoms with Crippen LogP contribution in [0.1, 0.15) is 12.6 Å². The van der Waals surface area contributed by atoms with Gasteiger partial charge in [0.1, 0.15) is 5.54 Å². The van der Waals surface area contributed by atoms with E-state index < -0.39 is 28.3 Å². The lowest BCUT2D eigenvalue weighted by Crippen LogP contribution is -2.38. The number of fused-ring (bicyclic) bond motifs is 3. The van der Waals surface area contributed by atoms with E-state index in [0.717, 1.165) is 4.52 Å². The average molecular weight is 275 g/mol. The summed E-state index contributed by atoms with van der Waals surface area (Å²) in [4.78, 5) is 5.26. The molecule has 2 aromatic rings. The maximum atomic E-state index is 13.4. The number of hydrogen-bond acceptors (Lipinski definition) is 4. The van der Waals surface area contributed by atoms with Crippen LogP contribution in [0, 0.1) is 11.8 Å². The summed E-state index contributed by atoms with van der Waals surface area (Å²) >= 11 is 0. The van der Waals surface area contributed by atoms with Gasteiger partial charge >= 0.3 is 0 Å². The van der Waals surface area contributed by atoms with Gasteiger partial charge in [0, 0.05) is 18.9 Å². The molecule has 0 amide bonds. The second-order valence-electron chi connectivity index (χ2n) is 4.70. The van der Waals surface area contributed by atoms with Crippen molar-refractivity contribution in [2.24, 2.45) is 0 Å². The monoisotopic (exact) mass is 275 g/mol. The molecule has 0 bridgehead atoms. The van der Waals surface area contributed by atoms with Crippen molar-refractivity contribution in [1.29, 1.82) is 0 Å². The molecule has 3 heterocycles. The largest absolute Gasteiger partial charge is 0.369 e. The summed E-state index contributed by atoms with van der Waals surface area (Å²) in [6.07, 6.45) is 1.24. The molecule has 3 rings (SSSR count). The van der Waals surface area contributed by atoms with Crippen molar-refractivity contribution in [3.8, 4) is 0 Å². The van der Waals surface area contributed by atoms with E-state index in [4.69, 9.17) is 0 Å². The van der Waals surface area contributed by atoms with Crippen LogP contribution in [-0.2, 0) is 5.54 Å². The van der Waals surface area contributed by atoms with Crippen LogP contribution in [0.25, 0.3) is 5.65 Å². The molecule has 0 fully saturated rings. The third kappa shape index (κ3) is 1.38. The van der Waals surface area contributed by atoms with E-state index >= 15 is 0 Å². The molecule has 0 saturated carbocycles. The standard InChI is InChI=1S/C10H9F4N5/c1-10(19(13)14)4-17(2)5-3-15-9-6(11)8(12)16-18(9)7(5)10/h3H,4H2,1-2H3/t10-/m0/s1. The van der Waals surface area contributed by atoms with Crippen LogP contribution < -0.4 is 4.90 Å². The van der Waals surface area contributed by atoms with E-state index in [9.17, 15) is 17.7 Å². The van der Waals surface area contributed by atoms with Crippen LogP contribution in [0.2, 0.25) is 0 Å². The minimum atomic E-state index is -1.71. The number of halogens is 4. The molecule has 1 aliphatic heterocycles. The fraction of sp³-hybridized carbons (Fsp3) is 0.400. The van der Waals surface area contributed by atoms with Gasteiger partial charge < -0.3 is 4.90 Å². The number of anilines is 1. The molecule has 0 aromatic carbocycles. The topological polar surface area (TPSA) is 36.7 Å². The van der Waals surface area contributed by atoms with Crippen LogP contribution in [0.5, 0.6) is 0 Å². The molecule has 1 atom stereocenters. The Morgan fingerprint density at radius 1 is 1.37 bits per heavy atom. The molecule has 0 unspecified atom stereocenters. The lowest BCUT2D eigenvalue weighted by atomic mass is 10.0. The lowest BCUT2D eigenvalue weighted by Gasteiger charge is -2.24. The van der Waals surface area contributed by atoms with Crippen molar-refractivity contribution in [3.63, 3.8) is 0 Å². The van der Waals surface area contributed by atoms with E-state index in [0.29, 0.717) is 5.69 Å². The molecule has 0 saturated heterocycles. The van der Waals surface area contributed by atoms with Crippen LogP contribution >= 0.6 is 0 Å². The first-order valence-electron chi connectivity index (χ1n) is 5.42. The molecule has 102 valence electrons. The zero-order valence-electron chi connectivity index (χ0n) is 10.0. The van der Waals surface area contributed by atoms with Gasteiger partial charge in [-0.15, -0.1) is 14.1 Å². The summed E-state index contributed by atoms with van der Waals surface area (Å²) in [6, 6.07) is 0. The number of rotatable bonds is 1. The molecule has 2 aromatic heterocycles. The SMILES string of the molecule is CN1C[C@](C)(N(F)F)c2c1cnc1c(F)c(F)nn21. The van der Waals surface area contributed by atoms with Crippen molar-refractivity contribution >= 4 is 11.3 Å². The molecule has 1 aliphatic rings. The van der Waals surface area contributed by atoms with E-state index in [-0.39, 0.29) is 12.2 Å². The summed E-state index contributed by atoms with van der Waals surface area (Å²) in [5, 5.41) is 2.34. The maximum Gasteiger partial charge on any atom is 0.271 e. The quantitative estimate of drug-likeness (QED) is 0.587. The summed E-state index contributed by atoms with van der Waals surface area (Å²) < 4.78 is 53.8. The minimum absolute atomic E-state index is 0.00722. The van der Waals surface area contributed by atoms with Gasteiger partial charge in [0.25, 0.3) is 5.95 Å². The van der Waals surface area contributed by atoms with Crippen LogP contribution in [-0.4, -0.2) is 33.5 Å². The van der Waals surface area contributed by atoms with E-state index in [1.807, 2.05) is 0 Å². The maximum absolute atomic E-state index is 13.4. The fourth-order valence-corrected chi connectivity index (χ4v) is 2.46. The Morgan fingerprint density at radius 3 is 2.68 bits per heavy atom. The second kappa shape index (κ2) is 3.56. The van der Waals surface area contributed by atoms with Gasteiger partial charge in [-0.3, -0.25) is 0 Å². The van der Waals surface area contributed by atoms with E-state index in [1.165, 1.54) is 18.0 Å². The molecular weight excluding hydrogens is 266 g/mol. The highest BCUT2D eigenvalue weighted by molar-refractivity contribution is 5.61. The third-order valence-electron chi connectivity index (χ3n) is 3.37. The van der Waals surface area contributed by atoms with Gasteiger partial charge in [0.2, 0.25) is 5.82 Å². The summed E-state index contributed by atoms with van der Waals surface area (Å²) in [5.41, 5.74) is -1.75. The molecular formula is C10H9F4N5. The number of nitrogens with zero attached hydrogens (tertiary/aromatic N) is 5. The van der Waals surface area contributed by atoms with E-state index in [2.05, 4.69) is 10.1 Å². The van der Waals surface area contributed by atoms with Gasteiger partial charge in [-0.1, -0.05) is 0 Å². The van der Waals surface area contributed by atoms with E-state index in [1.54, 1.807) is 7.05 Å². The Labute approximate surface area is 104 Å². The average Bonchev–Trinajstić information content (AvgIpc) is 2.77. The first kappa shape index (κ1) is 12.2. The first-order valence-corrected chi connectivity index (χ1v) is 5.42. The third-order valence-corrected chi connectivity index (χ3v) is 3.37. The van der Waals surface area contributed by atoms with Crippen molar-refractivity contribution in [1.82, 2.24) is 19.9 Å². The van der Waals surface area contributed by atoms with Crippen molar-refractivity contribution in [2.45, 2.75) is 12.5 Å². The van der Waals surface area contributed by atoms with Crippen LogP contribution in [0.3, 0.4) is 0 Å². The Balaban J connectivity index is 2.40. The molecule has 19 heavy (non-hydrogen) atoms. The highest BCUT2D eigenvalue weighted by Crippen LogP contribution is 2.42. The molecule has 0 aliphatic carbocycles. The smallest absolute Gasteiger partial charge is 0.271 e. The Bertz CT molecular complexity index is 669. The first-order chi connectivity index (χ1) is 8.86. The second-order valence-corrected chi connectivity index (χ2v) is 4.70. The summed E-state index contributed by atoms with van der Waals surface area (Å²) in [6.45, 7) is 1.23. The normalized spacial score (nSPS) is 22.6. The molecule has 5 nitrogen and oxygen atoms in total. The summed E-state index contributed by atoms with van der Waals surface area (Å²) in [7, 11) is 1.59. The van der Waals surface area contributed by atoms with Gasteiger partial charge in [-0.2, -0.15) is 8.78 Å². The van der Waals surface area contributed by atoms with Crippen molar-refractivity contribution in [3.05, 3.63) is 23.7 Å². The number of likely N-dealkylation sites (N-methyl/N-ethyl adjacent to an activating group) is 1. The predicted molar refractivity (Wildman–Crippen MR) is 57.6 cm³/mol. The number of aromatic nitrogens is 3. The van der Waals surface area contributed by atoms with Crippen LogP contribution in [0.15, 0.2) is 6.20 Å². The number of hydrogen-bond donors (Lipinski definition) is 0. The zero-order valence-corrected chi connectivity index (χ0v) is 10.0. The highest BCUT2D eigenvalue weighted by atomic mass is 19.4. The zero-order chi connectivity index (χ0) is 13.9. The minimum Gasteiger partial charge on any atom is -0.369 e. The van der Waals surface area contributed by atoms with Crippen molar-refractivity contribution in [2.75, 3.05) is 18.5 Å². The van der Waals surface area contributed by atoms with Gasteiger partial charge in [0.15, 0.2) is 5.65 Å². The highest BCUT2D eigenvalue weighted by Gasteiger charge is 2.47. The van der Waals surface area contributed by atoms with Gasteiger partial charge in [-0.05, 0) is 6.92 Å². The molecule has 0 spiro atoms. The fourth-order valence-electron chi connectivity index (χ4n) is 2.46. The Hall–Kier alpha value is -1.90. The predicted octanol–water partition coefficient (Wildman–Crippen LogP) is 1.74. The Morgan fingerprint density at radius 2 is 2.05 bits per heavy atom. The Kier molecular flexibility index (Phi) is 2.28. The van der Waals surface area contributed by atoms with Gasteiger partial charge in [0.05, 0.1) is 17.6 Å². The molecule has 0 radical (unpaired) electrons. The van der Waals surface area contributed by atoms with Gasteiger partial charge in [-0.25, -0.2) is 9.50 Å².